The number of hydrogen-bond donors (Lipinski definition) is 0. The summed E-state index contributed by atoms with van der Waals surface area (Å²) in [6.45, 7) is 5.64. The molecule has 2 atom stereocenters. The van der Waals surface area contributed by atoms with E-state index < -0.39 is 0 Å². The largest absolute Gasteiger partial charge is 0.466 e. The van der Waals surface area contributed by atoms with E-state index in [1.165, 1.54) is 12.8 Å². The second-order valence-corrected chi connectivity index (χ2v) is 6.06. The second kappa shape index (κ2) is 5.17. The smallest absolute Gasteiger partial charge is 0.307 e. The molecule has 0 amide bonds. The van der Waals surface area contributed by atoms with Gasteiger partial charge < -0.3 is 9.64 Å². The van der Waals surface area contributed by atoms with Crippen LogP contribution in [0.3, 0.4) is 0 Å². The molecule has 2 aliphatic rings. The molecule has 1 aliphatic carbocycles. The molecular formula is C14H26N2O2. The minimum Gasteiger partial charge on any atom is -0.466 e. The predicted octanol–water partition coefficient (Wildman–Crippen LogP) is 1.50. The van der Waals surface area contributed by atoms with E-state index in [1.54, 1.807) is 0 Å². The third-order valence-corrected chi connectivity index (χ3v) is 4.46. The number of hydrogen-bond acceptors (Lipinski definition) is 4. The number of carbonyl (C=O) groups excluding carboxylic acids is 1. The minimum absolute atomic E-state index is 0.0335. The van der Waals surface area contributed by atoms with E-state index in [-0.39, 0.29) is 11.5 Å². The molecule has 0 aromatic heterocycles. The lowest BCUT2D eigenvalue weighted by atomic mass is 9.91. The van der Waals surface area contributed by atoms with Crippen LogP contribution in [0.25, 0.3) is 0 Å². The molecule has 0 bridgehead atoms. The van der Waals surface area contributed by atoms with Crippen LogP contribution in [0.1, 0.15) is 39.5 Å². The summed E-state index contributed by atoms with van der Waals surface area (Å²) in [5.74, 6) is -0.0592. The molecule has 4 nitrogen and oxygen atoms in total. The maximum atomic E-state index is 11.8. The average molecular weight is 254 g/mol. The van der Waals surface area contributed by atoms with Crippen molar-refractivity contribution in [2.75, 3.05) is 27.2 Å². The highest BCUT2D eigenvalue weighted by molar-refractivity contribution is 5.71. The molecule has 0 N–H and O–H groups in total. The first-order chi connectivity index (χ1) is 8.48. The standard InChI is InChI=1S/C14H26N2O2/c1-5-18-13(17)9-14(15(3)4)8-11(2)16(10-14)12-6-7-12/h11-12H,5-10H2,1-4H3. The zero-order chi connectivity index (χ0) is 13.3. The van der Waals surface area contributed by atoms with E-state index in [0.29, 0.717) is 19.1 Å². The van der Waals surface area contributed by atoms with Crippen molar-refractivity contribution in [2.45, 2.75) is 57.2 Å². The first-order valence-corrected chi connectivity index (χ1v) is 7.07. The van der Waals surface area contributed by atoms with Crippen LogP contribution in [0.2, 0.25) is 0 Å². The van der Waals surface area contributed by atoms with Crippen molar-refractivity contribution >= 4 is 5.97 Å². The monoisotopic (exact) mass is 254 g/mol. The maximum Gasteiger partial charge on any atom is 0.307 e. The lowest BCUT2D eigenvalue weighted by Gasteiger charge is -2.35. The zero-order valence-electron chi connectivity index (χ0n) is 12.1. The molecule has 1 aliphatic heterocycles. The van der Waals surface area contributed by atoms with Crippen molar-refractivity contribution in [1.29, 1.82) is 0 Å². The number of likely N-dealkylation sites (N-methyl/N-ethyl adjacent to an activating group) is 1. The number of nitrogens with zero attached hydrogens (tertiary/aromatic N) is 2. The summed E-state index contributed by atoms with van der Waals surface area (Å²) in [6, 6.07) is 1.35. The van der Waals surface area contributed by atoms with Gasteiger partial charge in [0.2, 0.25) is 0 Å². The Labute approximate surface area is 110 Å². The Kier molecular flexibility index (Phi) is 3.97. The molecule has 0 radical (unpaired) electrons. The van der Waals surface area contributed by atoms with Crippen LogP contribution >= 0.6 is 0 Å². The van der Waals surface area contributed by atoms with Crippen LogP contribution in [0.5, 0.6) is 0 Å². The zero-order valence-corrected chi connectivity index (χ0v) is 12.1. The van der Waals surface area contributed by atoms with Crippen LogP contribution in [0.4, 0.5) is 0 Å². The fourth-order valence-electron chi connectivity index (χ4n) is 3.21. The fourth-order valence-corrected chi connectivity index (χ4v) is 3.21. The van der Waals surface area contributed by atoms with Crippen molar-refractivity contribution < 1.29 is 9.53 Å². The Balaban J connectivity index is 2.05. The molecule has 104 valence electrons. The van der Waals surface area contributed by atoms with Crippen LogP contribution in [-0.4, -0.2) is 60.6 Å². The number of ether oxygens (including phenoxy) is 1. The van der Waals surface area contributed by atoms with E-state index in [0.717, 1.165) is 19.0 Å². The van der Waals surface area contributed by atoms with E-state index >= 15 is 0 Å². The van der Waals surface area contributed by atoms with Crippen molar-refractivity contribution in [3.8, 4) is 0 Å². The normalized spacial score (nSPS) is 33.1. The van der Waals surface area contributed by atoms with Crippen LogP contribution in [-0.2, 0) is 9.53 Å². The third kappa shape index (κ3) is 2.69. The van der Waals surface area contributed by atoms with E-state index in [1.807, 2.05) is 6.92 Å². The van der Waals surface area contributed by atoms with Gasteiger partial charge in [0.15, 0.2) is 0 Å². The molecule has 0 aromatic rings. The van der Waals surface area contributed by atoms with E-state index in [4.69, 9.17) is 4.74 Å². The van der Waals surface area contributed by atoms with E-state index in [2.05, 4.69) is 30.8 Å². The number of carbonyl (C=O) groups is 1. The van der Waals surface area contributed by atoms with Crippen molar-refractivity contribution in [3.05, 3.63) is 0 Å². The highest BCUT2D eigenvalue weighted by Crippen LogP contribution is 2.40. The Hall–Kier alpha value is -0.610. The summed E-state index contributed by atoms with van der Waals surface area (Å²) in [7, 11) is 4.17. The Morgan fingerprint density at radius 2 is 2.11 bits per heavy atom. The molecule has 2 rings (SSSR count). The molecule has 2 fully saturated rings. The SMILES string of the molecule is CCOC(=O)CC1(N(C)C)CC(C)N(C2CC2)C1. The van der Waals surface area contributed by atoms with Gasteiger partial charge in [-0.05, 0) is 47.2 Å². The lowest BCUT2D eigenvalue weighted by molar-refractivity contribution is -0.146. The molecule has 18 heavy (non-hydrogen) atoms. The molecule has 1 saturated heterocycles. The summed E-state index contributed by atoms with van der Waals surface area (Å²) in [5.41, 5.74) is -0.0335. The number of esters is 1. The Bertz CT molecular complexity index is 315. The molecule has 0 spiro atoms. The minimum atomic E-state index is -0.0592. The lowest BCUT2D eigenvalue weighted by Crippen LogP contribution is -2.48. The fraction of sp³-hybridized carbons (Fsp3) is 0.929. The van der Waals surface area contributed by atoms with Crippen molar-refractivity contribution in [2.24, 2.45) is 0 Å². The Morgan fingerprint density at radius 3 is 2.61 bits per heavy atom. The Morgan fingerprint density at radius 1 is 1.44 bits per heavy atom. The summed E-state index contributed by atoms with van der Waals surface area (Å²) in [4.78, 5) is 16.6. The van der Waals surface area contributed by atoms with Gasteiger partial charge in [0.25, 0.3) is 0 Å². The summed E-state index contributed by atoms with van der Waals surface area (Å²) < 4.78 is 5.14. The van der Waals surface area contributed by atoms with Crippen molar-refractivity contribution in [3.63, 3.8) is 0 Å². The van der Waals surface area contributed by atoms with Gasteiger partial charge in [-0.3, -0.25) is 9.69 Å². The van der Waals surface area contributed by atoms with Crippen LogP contribution < -0.4 is 0 Å². The van der Waals surface area contributed by atoms with E-state index in [9.17, 15) is 4.79 Å². The summed E-state index contributed by atoms with van der Waals surface area (Å²) in [6.07, 6.45) is 4.23. The van der Waals surface area contributed by atoms with Crippen LogP contribution in [0.15, 0.2) is 0 Å². The van der Waals surface area contributed by atoms with Gasteiger partial charge in [0.05, 0.1) is 13.0 Å². The van der Waals surface area contributed by atoms with Gasteiger partial charge in [-0.15, -0.1) is 0 Å². The van der Waals surface area contributed by atoms with Gasteiger partial charge in [0, 0.05) is 24.2 Å². The van der Waals surface area contributed by atoms with Gasteiger partial charge >= 0.3 is 5.97 Å². The molecule has 2 unspecified atom stereocenters. The van der Waals surface area contributed by atoms with Gasteiger partial charge in [-0.25, -0.2) is 0 Å². The quantitative estimate of drug-likeness (QED) is 0.696. The molecule has 0 aromatic carbocycles. The highest BCUT2D eigenvalue weighted by Gasteiger charge is 2.49. The summed E-state index contributed by atoms with van der Waals surface area (Å²) >= 11 is 0. The second-order valence-electron chi connectivity index (χ2n) is 6.06. The van der Waals surface area contributed by atoms with Crippen LogP contribution in [0, 0.1) is 0 Å². The topological polar surface area (TPSA) is 32.8 Å². The number of likely N-dealkylation sites (tertiary alicyclic amines) is 1. The molecule has 4 heteroatoms. The maximum absolute atomic E-state index is 11.8. The van der Waals surface area contributed by atoms with Crippen molar-refractivity contribution in [1.82, 2.24) is 9.80 Å². The summed E-state index contributed by atoms with van der Waals surface area (Å²) in [5, 5.41) is 0. The van der Waals surface area contributed by atoms with Gasteiger partial charge in [-0.2, -0.15) is 0 Å². The third-order valence-electron chi connectivity index (χ3n) is 4.46. The highest BCUT2D eigenvalue weighted by atomic mass is 16.5. The number of rotatable bonds is 5. The molecular weight excluding hydrogens is 228 g/mol. The van der Waals surface area contributed by atoms with Gasteiger partial charge in [-0.1, -0.05) is 0 Å². The first kappa shape index (κ1) is 13.8. The predicted molar refractivity (Wildman–Crippen MR) is 71.5 cm³/mol. The molecule has 1 heterocycles. The van der Waals surface area contributed by atoms with Gasteiger partial charge in [0.1, 0.15) is 0 Å². The molecule has 1 saturated carbocycles. The average Bonchev–Trinajstić information content (AvgIpc) is 3.05. The first-order valence-electron chi connectivity index (χ1n) is 7.07.